The molecule has 2 unspecified atom stereocenters. The van der Waals surface area contributed by atoms with Crippen LogP contribution in [0.25, 0.3) is 5.69 Å². The highest BCUT2D eigenvalue weighted by molar-refractivity contribution is 5.95. The van der Waals surface area contributed by atoms with Crippen molar-refractivity contribution in [1.82, 2.24) is 14.7 Å². The number of para-hydroxylation sites is 1. The Morgan fingerprint density at radius 2 is 2.12 bits per heavy atom. The van der Waals surface area contributed by atoms with Crippen molar-refractivity contribution >= 4 is 5.91 Å². The molecule has 1 N–H and O–H groups in total. The minimum atomic E-state index is -0.322. The number of amides is 1. The van der Waals surface area contributed by atoms with Crippen LogP contribution < -0.4 is 0 Å². The largest absolute Gasteiger partial charge is 0.394 e. The lowest BCUT2D eigenvalue weighted by Crippen LogP contribution is -2.52. The second-order valence-corrected chi connectivity index (χ2v) is 6.29. The second-order valence-electron chi connectivity index (χ2n) is 6.29. The normalized spacial score (nSPS) is 21.1. The molecular formula is C18H23N3O3. The first kappa shape index (κ1) is 16.7. The highest BCUT2D eigenvalue weighted by Gasteiger charge is 2.31. The van der Waals surface area contributed by atoms with Crippen LogP contribution in [0, 0.1) is 13.8 Å². The molecule has 1 aliphatic heterocycles. The summed E-state index contributed by atoms with van der Waals surface area (Å²) in [5, 5.41) is 13.7. The van der Waals surface area contributed by atoms with Crippen LogP contribution in [0.4, 0.5) is 0 Å². The van der Waals surface area contributed by atoms with E-state index in [0.29, 0.717) is 18.7 Å². The topological polar surface area (TPSA) is 67.6 Å². The van der Waals surface area contributed by atoms with Gasteiger partial charge >= 0.3 is 0 Å². The van der Waals surface area contributed by atoms with Gasteiger partial charge in [0.25, 0.3) is 5.91 Å². The predicted octanol–water partition coefficient (Wildman–Crippen LogP) is 1.71. The summed E-state index contributed by atoms with van der Waals surface area (Å²) in [5.41, 5.74) is 3.47. The Balaban J connectivity index is 1.90. The molecule has 1 fully saturated rings. The standard InChI is InChI=1S/C18H23N3O3/c1-12-6-4-5-7-17(12)21-14(3)16(8-19-21)18(23)20-9-15(10-22)24-11-13(20)2/h4-8,13,15,22H,9-11H2,1-3H3. The first-order chi connectivity index (χ1) is 11.5. The van der Waals surface area contributed by atoms with Crippen molar-refractivity contribution in [2.75, 3.05) is 19.8 Å². The molecule has 2 atom stereocenters. The zero-order valence-corrected chi connectivity index (χ0v) is 14.3. The Labute approximate surface area is 141 Å². The summed E-state index contributed by atoms with van der Waals surface area (Å²) in [6, 6.07) is 7.92. The Hall–Kier alpha value is -2.18. The van der Waals surface area contributed by atoms with Crippen LogP contribution in [0.2, 0.25) is 0 Å². The lowest BCUT2D eigenvalue weighted by atomic mass is 10.1. The maximum Gasteiger partial charge on any atom is 0.257 e. The molecule has 1 aliphatic rings. The molecule has 0 bridgehead atoms. The number of hydrogen-bond donors (Lipinski definition) is 1. The van der Waals surface area contributed by atoms with Gasteiger partial charge in [-0.25, -0.2) is 4.68 Å². The number of rotatable bonds is 3. The molecule has 6 nitrogen and oxygen atoms in total. The van der Waals surface area contributed by atoms with Gasteiger partial charge in [-0.05, 0) is 32.4 Å². The summed E-state index contributed by atoms with van der Waals surface area (Å²) in [5.74, 6) is -0.0680. The molecule has 1 aromatic carbocycles. The van der Waals surface area contributed by atoms with Crippen molar-refractivity contribution in [2.24, 2.45) is 0 Å². The maximum atomic E-state index is 13.0. The maximum absolute atomic E-state index is 13.0. The summed E-state index contributed by atoms with van der Waals surface area (Å²) < 4.78 is 7.31. The molecule has 1 amide bonds. The lowest BCUT2D eigenvalue weighted by Gasteiger charge is -2.37. The smallest absolute Gasteiger partial charge is 0.257 e. The molecular weight excluding hydrogens is 306 g/mol. The van der Waals surface area contributed by atoms with Crippen LogP contribution in [0.3, 0.4) is 0 Å². The van der Waals surface area contributed by atoms with Gasteiger partial charge in [0.2, 0.25) is 0 Å². The van der Waals surface area contributed by atoms with Crippen LogP contribution in [-0.2, 0) is 4.74 Å². The van der Waals surface area contributed by atoms with E-state index in [1.807, 2.05) is 45.0 Å². The highest BCUT2D eigenvalue weighted by Crippen LogP contribution is 2.21. The Morgan fingerprint density at radius 1 is 1.38 bits per heavy atom. The summed E-state index contributed by atoms with van der Waals surface area (Å²) in [4.78, 5) is 14.7. The number of carbonyl (C=O) groups excluding carboxylic acids is 1. The third-order valence-electron chi connectivity index (χ3n) is 4.55. The van der Waals surface area contributed by atoms with Crippen LogP contribution in [0.15, 0.2) is 30.5 Å². The van der Waals surface area contributed by atoms with E-state index in [1.54, 1.807) is 15.8 Å². The van der Waals surface area contributed by atoms with Crippen molar-refractivity contribution < 1.29 is 14.6 Å². The van der Waals surface area contributed by atoms with Gasteiger partial charge < -0.3 is 14.7 Å². The van der Waals surface area contributed by atoms with Gasteiger partial charge in [-0.1, -0.05) is 18.2 Å². The molecule has 0 radical (unpaired) electrons. The quantitative estimate of drug-likeness (QED) is 0.931. The monoisotopic (exact) mass is 329 g/mol. The van der Waals surface area contributed by atoms with Gasteiger partial charge in [0.1, 0.15) is 0 Å². The van der Waals surface area contributed by atoms with Gasteiger partial charge in [0.15, 0.2) is 0 Å². The number of benzene rings is 1. The van der Waals surface area contributed by atoms with Crippen molar-refractivity contribution in [3.05, 3.63) is 47.3 Å². The number of aromatic nitrogens is 2. The molecule has 24 heavy (non-hydrogen) atoms. The van der Waals surface area contributed by atoms with E-state index in [2.05, 4.69) is 5.10 Å². The zero-order chi connectivity index (χ0) is 17.3. The average Bonchev–Trinajstić information content (AvgIpc) is 2.96. The number of aliphatic hydroxyl groups excluding tert-OH is 1. The van der Waals surface area contributed by atoms with Crippen LogP contribution >= 0.6 is 0 Å². The number of hydrogen-bond acceptors (Lipinski definition) is 4. The molecule has 2 heterocycles. The highest BCUT2D eigenvalue weighted by atomic mass is 16.5. The SMILES string of the molecule is Cc1ccccc1-n1ncc(C(=O)N2CC(CO)OCC2C)c1C. The molecule has 0 spiro atoms. The second kappa shape index (κ2) is 6.75. The van der Waals surface area contributed by atoms with E-state index in [-0.39, 0.29) is 24.7 Å². The van der Waals surface area contributed by atoms with E-state index in [0.717, 1.165) is 16.9 Å². The summed E-state index contributed by atoms with van der Waals surface area (Å²) in [6.45, 7) is 6.62. The van der Waals surface area contributed by atoms with Crippen LogP contribution in [0.1, 0.15) is 28.5 Å². The molecule has 2 aromatic rings. The Kier molecular flexibility index (Phi) is 4.69. The number of morpholine rings is 1. The predicted molar refractivity (Wildman–Crippen MR) is 90.4 cm³/mol. The van der Waals surface area contributed by atoms with Crippen LogP contribution in [-0.4, -0.2) is 57.6 Å². The minimum Gasteiger partial charge on any atom is -0.394 e. The first-order valence-electron chi connectivity index (χ1n) is 8.17. The fourth-order valence-corrected chi connectivity index (χ4v) is 3.03. The van der Waals surface area contributed by atoms with Gasteiger partial charge in [-0.3, -0.25) is 4.79 Å². The van der Waals surface area contributed by atoms with Gasteiger partial charge in [-0.15, -0.1) is 0 Å². The average molecular weight is 329 g/mol. The fourth-order valence-electron chi connectivity index (χ4n) is 3.03. The Bertz CT molecular complexity index is 741. The first-order valence-corrected chi connectivity index (χ1v) is 8.17. The molecule has 1 saturated heterocycles. The van der Waals surface area contributed by atoms with Gasteiger partial charge in [0, 0.05) is 6.54 Å². The van der Waals surface area contributed by atoms with E-state index >= 15 is 0 Å². The third-order valence-corrected chi connectivity index (χ3v) is 4.55. The van der Waals surface area contributed by atoms with E-state index < -0.39 is 0 Å². The lowest BCUT2D eigenvalue weighted by molar-refractivity contribution is -0.0667. The number of aryl methyl sites for hydroxylation is 1. The van der Waals surface area contributed by atoms with E-state index in [4.69, 9.17) is 4.74 Å². The summed E-state index contributed by atoms with van der Waals surface area (Å²) in [7, 11) is 0. The zero-order valence-electron chi connectivity index (χ0n) is 14.3. The minimum absolute atomic E-state index is 0.0264. The van der Waals surface area contributed by atoms with Crippen molar-refractivity contribution in [3.8, 4) is 5.69 Å². The fraction of sp³-hybridized carbons (Fsp3) is 0.444. The van der Waals surface area contributed by atoms with Crippen LogP contribution in [0.5, 0.6) is 0 Å². The van der Waals surface area contributed by atoms with Crippen molar-refractivity contribution in [1.29, 1.82) is 0 Å². The van der Waals surface area contributed by atoms with Crippen molar-refractivity contribution in [3.63, 3.8) is 0 Å². The number of carbonyl (C=O) groups is 1. The van der Waals surface area contributed by atoms with E-state index in [9.17, 15) is 9.90 Å². The van der Waals surface area contributed by atoms with E-state index in [1.165, 1.54) is 0 Å². The third kappa shape index (κ3) is 2.95. The van der Waals surface area contributed by atoms with Gasteiger partial charge in [-0.2, -0.15) is 5.10 Å². The molecule has 6 heteroatoms. The molecule has 128 valence electrons. The molecule has 0 aliphatic carbocycles. The molecule has 0 saturated carbocycles. The summed E-state index contributed by atoms with van der Waals surface area (Å²) in [6.07, 6.45) is 1.30. The molecule has 1 aromatic heterocycles. The number of nitrogens with zero attached hydrogens (tertiary/aromatic N) is 3. The summed E-state index contributed by atoms with van der Waals surface area (Å²) >= 11 is 0. The number of aliphatic hydroxyl groups is 1. The Morgan fingerprint density at radius 3 is 2.83 bits per heavy atom. The number of ether oxygens (including phenoxy) is 1. The van der Waals surface area contributed by atoms with Crippen molar-refractivity contribution in [2.45, 2.75) is 32.9 Å². The molecule has 3 rings (SSSR count). The van der Waals surface area contributed by atoms with Gasteiger partial charge in [0.05, 0.1) is 48.5 Å².